The highest BCUT2D eigenvalue weighted by Crippen LogP contribution is 2.26. The van der Waals surface area contributed by atoms with Crippen LogP contribution in [0.1, 0.15) is 297 Å². The molecule has 1 amide bonds. The highest BCUT2D eigenvalue weighted by atomic mass is 16.7. The summed E-state index contributed by atoms with van der Waals surface area (Å²) in [7, 11) is 0. The lowest BCUT2D eigenvalue weighted by atomic mass is 9.99. The molecule has 0 bridgehead atoms. The molecule has 1 fully saturated rings. The van der Waals surface area contributed by atoms with Gasteiger partial charge in [-0.15, -0.1) is 0 Å². The number of allylic oxidation sites excluding steroid dienone is 13. The van der Waals surface area contributed by atoms with E-state index >= 15 is 0 Å². The monoisotopic (exact) mass is 1170 g/mol. The summed E-state index contributed by atoms with van der Waals surface area (Å²) in [5.41, 5.74) is 0. The molecule has 1 saturated heterocycles. The molecule has 0 saturated carbocycles. The van der Waals surface area contributed by atoms with Gasteiger partial charge in [-0.3, -0.25) is 9.59 Å². The Bertz CT molecular complexity index is 1670. The molecule has 1 heterocycles. The largest absolute Gasteiger partial charge is 0.454 e. The van der Waals surface area contributed by atoms with Gasteiger partial charge in [-0.2, -0.15) is 0 Å². The summed E-state index contributed by atoms with van der Waals surface area (Å²) < 4.78 is 17.7. The molecular weight excluding hydrogens is 1040 g/mol. The van der Waals surface area contributed by atoms with Crippen LogP contribution in [-0.2, 0) is 23.8 Å². The predicted octanol–water partition coefficient (Wildman–Crippen LogP) is 17.3. The van der Waals surface area contributed by atoms with Gasteiger partial charge in [0.15, 0.2) is 12.4 Å². The van der Waals surface area contributed by atoms with E-state index in [2.05, 4.69) is 99.0 Å². The second-order valence-electron chi connectivity index (χ2n) is 23.5. The van der Waals surface area contributed by atoms with Gasteiger partial charge in [-0.05, 0) is 96.3 Å². The van der Waals surface area contributed by atoms with Crippen molar-refractivity contribution in [1.82, 2.24) is 5.32 Å². The summed E-state index contributed by atoms with van der Waals surface area (Å²) in [6.45, 7) is 5.67. The minimum absolute atomic E-state index is 0.119. The summed E-state index contributed by atoms with van der Waals surface area (Å²) in [5, 5.41) is 57.1. The maximum atomic E-state index is 13.4. The first-order valence-electron chi connectivity index (χ1n) is 34.4. The summed E-state index contributed by atoms with van der Waals surface area (Å²) >= 11 is 0. The van der Waals surface area contributed by atoms with Crippen LogP contribution in [0, 0.1) is 0 Å². The molecular formula is C72H127NO10. The number of unbranched alkanes of at least 4 members (excludes halogenated alkanes) is 32. The number of nitrogens with one attached hydrogen (secondary N) is 1. The number of carbonyl (C=O) groups excluding carboxylic acids is 2. The van der Waals surface area contributed by atoms with Crippen LogP contribution < -0.4 is 5.32 Å². The maximum absolute atomic E-state index is 13.4. The van der Waals surface area contributed by atoms with Gasteiger partial charge >= 0.3 is 5.97 Å². The summed E-state index contributed by atoms with van der Waals surface area (Å²) in [6.07, 6.45) is 67.7. The van der Waals surface area contributed by atoms with Gasteiger partial charge < -0.3 is 45.1 Å². The Labute approximate surface area is 508 Å². The fraction of sp³-hybridized carbons (Fsp3) is 0.778. The molecule has 0 aromatic rings. The lowest BCUT2D eigenvalue weighted by Gasteiger charge is -2.41. The molecule has 6 N–H and O–H groups in total. The number of amides is 1. The number of rotatable bonds is 58. The Balaban J connectivity index is 2.60. The Kier molecular flexibility index (Phi) is 55.5. The van der Waals surface area contributed by atoms with Crippen molar-refractivity contribution in [2.24, 2.45) is 0 Å². The van der Waals surface area contributed by atoms with E-state index in [1.165, 1.54) is 154 Å². The number of aliphatic hydroxyl groups is 5. The van der Waals surface area contributed by atoms with Crippen LogP contribution in [0.15, 0.2) is 85.1 Å². The van der Waals surface area contributed by atoms with Crippen molar-refractivity contribution in [3.05, 3.63) is 85.1 Å². The quantitative estimate of drug-likeness (QED) is 0.0195. The smallest absolute Gasteiger partial charge is 0.306 e. The Hall–Kier alpha value is -3.16. The van der Waals surface area contributed by atoms with E-state index in [0.29, 0.717) is 12.8 Å². The molecule has 0 aromatic heterocycles. The van der Waals surface area contributed by atoms with E-state index in [0.717, 1.165) is 96.3 Å². The van der Waals surface area contributed by atoms with Crippen molar-refractivity contribution in [3.8, 4) is 0 Å². The van der Waals surface area contributed by atoms with Gasteiger partial charge in [0.05, 0.1) is 25.4 Å². The van der Waals surface area contributed by atoms with E-state index in [4.69, 9.17) is 14.2 Å². The van der Waals surface area contributed by atoms with Crippen LogP contribution in [0.4, 0.5) is 0 Å². The van der Waals surface area contributed by atoms with E-state index in [1.807, 2.05) is 6.08 Å². The average molecular weight is 1170 g/mol. The Morgan fingerprint density at radius 3 is 1.31 bits per heavy atom. The zero-order chi connectivity index (χ0) is 60.3. The molecule has 1 aliphatic rings. The average Bonchev–Trinajstić information content (AvgIpc) is 3.61. The predicted molar refractivity (Wildman–Crippen MR) is 347 cm³/mol. The zero-order valence-corrected chi connectivity index (χ0v) is 53.3. The third-order valence-corrected chi connectivity index (χ3v) is 15.8. The molecule has 1 rings (SSSR count). The molecule has 8 unspecified atom stereocenters. The zero-order valence-electron chi connectivity index (χ0n) is 53.3. The van der Waals surface area contributed by atoms with Crippen LogP contribution in [0.25, 0.3) is 0 Å². The van der Waals surface area contributed by atoms with Crippen LogP contribution in [0.2, 0.25) is 0 Å². The standard InChI is InChI=1S/C72H127NO10/c1-4-7-10-13-16-19-22-24-26-28-30-32-33-34-36-38-40-42-45-48-51-54-57-60-67(77)83-70-69(79)68(78)66(61-74)82-72(70)81-62-63(64(75)58-55-52-49-46-43-21-18-15-12-9-6-3)73-71(80)65(76)59-56-53-50-47-44-41-39-37-35-31-29-27-25-23-20-17-14-11-8-5-2/h8,11,17,20,24-27,31,35,39,41,55,58,63-66,68-70,72,74-76,78-79H,4-7,9-10,12-16,18-19,21-23,28-30,32-34,36-38,40,42-54,56-57,59-62H2,1-3H3,(H,73,80)/b11-8-,20-17-,26-24+,27-25-,35-31-,41-39-,58-55+. The first-order valence-corrected chi connectivity index (χ1v) is 34.4. The molecule has 0 aromatic carbocycles. The third-order valence-electron chi connectivity index (χ3n) is 15.8. The first-order chi connectivity index (χ1) is 40.7. The van der Waals surface area contributed by atoms with E-state index in [-0.39, 0.29) is 19.4 Å². The number of esters is 1. The highest BCUT2D eigenvalue weighted by Gasteiger charge is 2.47. The Morgan fingerprint density at radius 1 is 0.482 bits per heavy atom. The van der Waals surface area contributed by atoms with Gasteiger partial charge in [0.2, 0.25) is 5.91 Å². The normalized spacial score (nSPS) is 19.1. The fourth-order valence-electron chi connectivity index (χ4n) is 10.4. The van der Waals surface area contributed by atoms with Crippen molar-refractivity contribution in [3.63, 3.8) is 0 Å². The van der Waals surface area contributed by atoms with Crippen molar-refractivity contribution >= 4 is 11.9 Å². The van der Waals surface area contributed by atoms with Crippen LogP contribution in [-0.4, -0.2) is 99.6 Å². The lowest BCUT2D eigenvalue weighted by Crippen LogP contribution is -2.61. The van der Waals surface area contributed by atoms with Crippen LogP contribution in [0.3, 0.4) is 0 Å². The molecule has 0 radical (unpaired) electrons. The van der Waals surface area contributed by atoms with Gasteiger partial charge in [0, 0.05) is 6.42 Å². The summed E-state index contributed by atoms with van der Waals surface area (Å²) in [5.74, 6) is -1.21. The molecule has 11 nitrogen and oxygen atoms in total. The van der Waals surface area contributed by atoms with Crippen molar-refractivity contribution in [1.29, 1.82) is 0 Å². The molecule has 480 valence electrons. The maximum Gasteiger partial charge on any atom is 0.306 e. The molecule has 83 heavy (non-hydrogen) atoms. The van der Waals surface area contributed by atoms with E-state index in [9.17, 15) is 35.1 Å². The molecule has 8 atom stereocenters. The summed E-state index contributed by atoms with van der Waals surface area (Å²) in [4.78, 5) is 26.6. The van der Waals surface area contributed by atoms with Crippen LogP contribution >= 0.6 is 0 Å². The van der Waals surface area contributed by atoms with E-state index < -0.39 is 67.4 Å². The van der Waals surface area contributed by atoms with Crippen molar-refractivity contribution in [2.75, 3.05) is 13.2 Å². The minimum atomic E-state index is -1.62. The van der Waals surface area contributed by atoms with Gasteiger partial charge in [-0.1, -0.05) is 279 Å². The molecule has 0 aliphatic carbocycles. The topological polar surface area (TPSA) is 175 Å². The molecule has 11 heteroatoms. The Morgan fingerprint density at radius 2 is 0.867 bits per heavy atom. The summed E-state index contributed by atoms with van der Waals surface area (Å²) in [6, 6.07) is -1.04. The van der Waals surface area contributed by atoms with Gasteiger partial charge in [0.1, 0.15) is 24.4 Å². The van der Waals surface area contributed by atoms with Crippen LogP contribution in [0.5, 0.6) is 0 Å². The van der Waals surface area contributed by atoms with Gasteiger partial charge in [0.25, 0.3) is 0 Å². The molecule has 1 aliphatic heterocycles. The van der Waals surface area contributed by atoms with Crippen molar-refractivity contribution < 1.29 is 49.3 Å². The minimum Gasteiger partial charge on any atom is -0.454 e. The van der Waals surface area contributed by atoms with E-state index in [1.54, 1.807) is 6.08 Å². The fourth-order valence-corrected chi connectivity index (χ4v) is 10.4. The highest BCUT2D eigenvalue weighted by molar-refractivity contribution is 5.80. The number of hydrogen-bond acceptors (Lipinski definition) is 10. The van der Waals surface area contributed by atoms with Crippen molar-refractivity contribution in [2.45, 2.75) is 346 Å². The number of hydrogen-bond donors (Lipinski definition) is 6. The lowest BCUT2D eigenvalue weighted by molar-refractivity contribution is -0.305. The molecule has 0 spiro atoms. The SMILES string of the molecule is CC/C=C\C/C=C\C/C=C\C/C=C\C/C=C\CCCCCCC(O)C(=O)NC(COC1OC(CO)C(O)C(O)C1OC(=O)CCCCCCCCCCCCCCC/C=C/CCCCCCCC)C(O)/C=C/CCCCCCCCCCC. The second-order valence-corrected chi connectivity index (χ2v) is 23.5. The number of aliphatic hydroxyl groups excluding tert-OH is 5. The number of carbonyl (C=O) groups is 2. The van der Waals surface area contributed by atoms with Gasteiger partial charge in [-0.25, -0.2) is 0 Å². The number of ether oxygens (including phenoxy) is 3. The second kappa shape index (κ2) is 59.2. The third kappa shape index (κ3) is 46.7. The first kappa shape index (κ1) is 77.9.